The standard InChI is InChI=1S/C15H20N4/c1-2-9-17-15(16)18-12-13-5-7-14(8-6-13)19-10-3-4-11-19/h2-8H,1,9-12H2,(H3,16,17,18). The lowest BCUT2D eigenvalue weighted by Gasteiger charge is -2.17. The van der Waals surface area contributed by atoms with Crippen molar-refractivity contribution in [1.82, 2.24) is 5.32 Å². The summed E-state index contributed by atoms with van der Waals surface area (Å²) < 4.78 is 0. The molecule has 4 nitrogen and oxygen atoms in total. The molecule has 0 bridgehead atoms. The molecule has 2 rings (SSSR count). The normalized spacial score (nSPS) is 14.7. The van der Waals surface area contributed by atoms with Crippen LogP contribution in [0.5, 0.6) is 0 Å². The maximum absolute atomic E-state index is 5.71. The zero-order valence-electron chi connectivity index (χ0n) is 11.0. The molecule has 0 spiro atoms. The highest BCUT2D eigenvalue weighted by atomic mass is 15.1. The van der Waals surface area contributed by atoms with E-state index in [1.807, 2.05) is 0 Å². The first-order chi connectivity index (χ1) is 9.29. The van der Waals surface area contributed by atoms with Gasteiger partial charge in [0.2, 0.25) is 0 Å². The highest BCUT2D eigenvalue weighted by Gasteiger charge is 2.06. The Morgan fingerprint density at radius 3 is 2.63 bits per heavy atom. The van der Waals surface area contributed by atoms with Gasteiger partial charge in [0.15, 0.2) is 5.96 Å². The van der Waals surface area contributed by atoms with Gasteiger partial charge in [-0.2, -0.15) is 0 Å². The third-order valence-electron chi connectivity index (χ3n) is 2.98. The third-order valence-corrected chi connectivity index (χ3v) is 2.98. The van der Waals surface area contributed by atoms with Gasteiger partial charge in [0.25, 0.3) is 0 Å². The highest BCUT2D eigenvalue weighted by molar-refractivity contribution is 5.77. The summed E-state index contributed by atoms with van der Waals surface area (Å²) in [4.78, 5) is 6.58. The van der Waals surface area contributed by atoms with Crippen LogP contribution in [-0.4, -0.2) is 25.6 Å². The number of rotatable bonds is 5. The van der Waals surface area contributed by atoms with Crippen LogP contribution in [0.15, 0.2) is 54.1 Å². The second kappa shape index (κ2) is 6.64. The predicted octanol–water partition coefficient (Wildman–Crippen LogP) is 1.65. The fourth-order valence-corrected chi connectivity index (χ4v) is 1.91. The number of guanidine groups is 1. The minimum atomic E-state index is 0.452. The van der Waals surface area contributed by atoms with Crippen molar-refractivity contribution >= 4 is 11.6 Å². The van der Waals surface area contributed by atoms with Crippen LogP contribution in [0, 0.1) is 0 Å². The van der Waals surface area contributed by atoms with Crippen molar-refractivity contribution in [3.63, 3.8) is 0 Å². The Morgan fingerprint density at radius 1 is 1.32 bits per heavy atom. The summed E-state index contributed by atoms with van der Waals surface area (Å²) in [7, 11) is 0. The lowest BCUT2D eigenvalue weighted by atomic mass is 10.2. The number of hydrogen-bond donors (Lipinski definition) is 2. The summed E-state index contributed by atoms with van der Waals surface area (Å²) in [6, 6.07) is 8.45. The van der Waals surface area contributed by atoms with Crippen molar-refractivity contribution in [3.8, 4) is 0 Å². The van der Waals surface area contributed by atoms with E-state index in [0.29, 0.717) is 19.0 Å². The zero-order valence-corrected chi connectivity index (χ0v) is 11.0. The van der Waals surface area contributed by atoms with E-state index in [1.165, 1.54) is 5.69 Å². The number of anilines is 1. The van der Waals surface area contributed by atoms with Crippen LogP contribution < -0.4 is 16.0 Å². The summed E-state index contributed by atoms with van der Waals surface area (Å²) in [6.45, 7) is 6.83. The van der Waals surface area contributed by atoms with Gasteiger partial charge in [0.05, 0.1) is 6.54 Å². The fraction of sp³-hybridized carbons (Fsp3) is 0.267. The molecule has 0 unspecified atom stereocenters. The Labute approximate surface area is 114 Å². The van der Waals surface area contributed by atoms with E-state index < -0.39 is 0 Å². The molecule has 0 aromatic heterocycles. The molecule has 0 fully saturated rings. The molecule has 0 saturated heterocycles. The van der Waals surface area contributed by atoms with Gasteiger partial charge in [-0.05, 0) is 17.7 Å². The van der Waals surface area contributed by atoms with E-state index in [0.717, 1.165) is 18.7 Å². The smallest absolute Gasteiger partial charge is 0.189 e. The molecule has 0 aliphatic carbocycles. The van der Waals surface area contributed by atoms with Crippen molar-refractivity contribution in [3.05, 3.63) is 54.6 Å². The summed E-state index contributed by atoms with van der Waals surface area (Å²) in [6.07, 6.45) is 6.12. The van der Waals surface area contributed by atoms with E-state index >= 15 is 0 Å². The Kier molecular flexibility index (Phi) is 4.61. The molecule has 0 amide bonds. The van der Waals surface area contributed by atoms with Gasteiger partial charge in [-0.15, -0.1) is 6.58 Å². The summed E-state index contributed by atoms with van der Waals surface area (Å²) in [5.41, 5.74) is 8.11. The first-order valence-corrected chi connectivity index (χ1v) is 6.43. The molecule has 100 valence electrons. The van der Waals surface area contributed by atoms with Crippen LogP contribution in [-0.2, 0) is 6.54 Å². The number of hydrogen-bond acceptors (Lipinski definition) is 2. The molecule has 0 saturated carbocycles. The van der Waals surface area contributed by atoms with Gasteiger partial charge in [0, 0.05) is 25.3 Å². The van der Waals surface area contributed by atoms with Crippen LogP contribution in [0.1, 0.15) is 5.56 Å². The van der Waals surface area contributed by atoms with E-state index in [9.17, 15) is 0 Å². The van der Waals surface area contributed by atoms with Crippen molar-refractivity contribution in [1.29, 1.82) is 0 Å². The summed E-state index contributed by atoms with van der Waals surface area (Å²) >= 11 is 0. The Morgan fingerprint density at radius 2 is 2.00 bits per heavy atom. The maximum atomic E-state index is 5.71. The van der Waals surface area contributed by atoms with E-state index in [4.69, 9.17) is 5.73 Å². The molecule has 4 heteroatoms. The molecular weight excluding hydrogens is 236 g/mol. The number of nitrogens with zero attached hydrogens (tertiary/aromatic N) is 2. The van der Waals surface area contributed by atoms with Gasteiger partial charge < -0.3 is 16.0 Å². The third kappa shape index (κ3) is 3.88. The van der Waals surface area contributed by atoms with E-state index in [1.54, 1.807) is 6.08 Å². The molecule has 0 radical (unpaired) electrons. The van der Waals surface area contributed by atoms with Crippen LogP contribution in [0.2, 0.25) is 0 Å². The first-order valence-electron chi connectivity index (χ1n) is 6.43. The lowest BCUT2D eigenvalue weighted by molar-refractivity contribution is 0.966. The molecule has 1 aromatic rings. The molecule has 19 heavy (non-hydrogen) atoms. The Bertz CT molecular complexity index is 465. The number of nitrogens with two attached hydrogens (primary N) is 1. The van der Waals surface area contributed by atoms with Crippen LogP contribution in [0.3, 0.4) is 0 Å². The predicted molar refractivity (Wildman–Crippen MR) is 81.3 cm³/mol. The largest absolute Gasteiger partial charge is 0.370 e. The average molecular weight is 256 g/mol. The second-order valence-corrected chi connectivity index (χ2v) is 4.41. The summed E-state index contributed by atoms with van der Waals surface area (Å²) in [5, 5.41) is 2.95. The average Bonchev–Trinajstić information content (AvgIpc) is 2.97. The number of nitrogens with one attached hydrogen (secondary N) is 1. The molecule has 0 atom stereocenters. The van der Waals surface area contributed by atoms with Crippen LogP contribution >= 0.6 is 0 Å². The minimum absolute atomic E-state index is 0.452. The SMILES string of the molecule is C=CCNC(N)=NCc1ccc(N2CC=CC2)cc1. The van der Waals surface area contributed by atoms with Crippen molar-refractivity contribution in [2.24, 2.45) is 10.7 Å². The molecule has 1 aromatic carbocycles. The summed E-state index contributed by atoms with van der Waals surface area (Å²) in [5.74, 6) is 0.452. The van der Waals surface area contributed by atoms with Gasteiger partial charge in [-0.1, -0.05) is 30.4 Å². The van der Waals surface area contributed by atoms with Crippen molar-refractivity contribution in [2.45, 2.75) is 6.54 Å². The highest BCUT2D eigenvalue weighted by Crippen LogP contribution is 2.17. The monoisotopic (exact) mass is 256 g/mol. The Hall–Kier alpha value is -2.23. The minimum Gasteiger partial charge on any atom is -0.370 e. The molecule has 1 aliphatic heterocycles. The second-order valence-electron chi connectivity index (χ2n) is 4.41. The lowest BCUT2D eigenvalue weighted by Crippen LogP contribution is -2.31. The Balaban J connectivity index is 1.89. The molecule has 3 N–H and O–H groups in total. The van der Waals surface area contributed by atoms with Gasteiger partial charge >= 0.3 is 0 Å². The van der Waals surface area contributed by atoms with E-state index in [2.05, 4.69) is 58.2 Å². The van der Waals surface area contributed by atoms with Crippen molar-refractivity contribution in [2.75, 3.05) is 24.5 Å². The first kappa shape index (κ1) is 13.2. The molecule has 1 aliphatic rings. The van der Waals surface area contributed by atoms with Gasteiger partial charge in [0.1, 0.15) is 0 Å². The quantitative estimate of drug-likeness (QED) is 0.478. The number of benzene rings is 1. The van der Waals surface area contributed by atoms with E-state index in [-0.39, 0.29) is 0 Å². The van der Waals surface area contributed by atoms with Gasteiger partial charge in [-0.25, -0.2) is 4.99 Å². The topological polar surface area (TPSA) is 53.6 Å². The number of aliphatic imine (C=N–C) groups is 1. The maximum Gasteiger partial charge on any atom is 0.189 e. The zero-order chi connectivity index (χ0) is 13.5. The van der Waals surface area contributed by atoms with Crippen LogP contribution in [0.4, 0.5) is 5.69 Å². The molecule has 1 heterocycles. The van der Waals surface area contributed by atoms with Crippen molar-refractivity contribution < 1.29 is 0 Å². The molecular formula is C15H20N4. The van der Waals surface area contributed by atoms with Gasteiger partial charge in [-0.3, -0.25) is 0 Å². The fourth-order valence-electron chi connectivity index (χ4n) is 1.91. The van der Waals surface area contributed by atoms with Crippen LogP contribution in [0.25, 0.3) is 0 Å².